The molecule has 0 unspecified atom stereocenters. The SMILES string of the molecule is O=C(/C(=C\c1ccccc1[N+](=O)[O-])c1nc2ccccc2s1)c1ccccc1. The van der Waals surface area contributed by atoms with Crippen LogP contribution in [0.4, 0.5) is 5.69 Å². The van der Waals surface area contributed by atoms with Crippen LogP contribution in [0.2, 0.25) is 0 Å². The second kappa shape index (κ2) is 7.54. The smallest absolute Gasteiger partial charge is 0.276 e. The topological polar surface area (TPSA) is 73.1 Å². The quantitative estimate of drug-likeness (QED) is 0.193. The molecule has 0 saturated heterocycles. The normalized spacial score (nSPS) is 11.5. The Hall–Kier alpha value is -3.64. The number of carbonyl (C=O) groups excluding carboxylic acids is 1. The summed E-state index contributed by atoms with van der Waals surface area (Å²) in [5.41, 5.74) is 1.94. The van der Waals surface area contributed by atoms with E-state index in [0.29, 0.717) is 21.7 Å². The van der Waals surface area contributed by atoms with Crippen molar-refractivity contribution in [3.05, 3.63) is 105 Å². The van der Waals surface area contributed by atoms with Crippen LogP contribution in [0.15, 0.2) is 78.9 Å². The Kier molecular flexibility index (Phi) is 4.78. The fourth-order valence-electron chi connectivity index (χ4n) is 2.89. The lowest BCUT2D eigenvalue weighted by molar-refractivity contribution is -0.385. The fraction of sp³-hybridized carbons (Fsp3) is 0. The molecule has 136 valence electrons. The molecule has 4 rings (SSSR count). The van der Waals surface area contributed by atoms with Crippen LogP contribution in [0.5, 0.6) is 0 Å². The van der Waals surface area contributed by atoms with Crippen molar-refractivity contribution >= 4 is 44.7 Å². The van der Waals surface area contributed by atoms with E-state index in [1.54, 1.807) is 48.5 Å². The largest absolute Gasteiger partial charge is 0.288 e. The second-order valence-corrected chi connectivity index (χ2v) is 7.09. The zero-order chi connectivity index (χ0) is 19.5. The molecular formula is C22H14N2O3S. The van der Waals surface area contributed by atoms with Crippen molar-refractivity contribution in [1.82, 2.24) is 4.98 Å². The summed E-state index contributed by atoms with van der Waals surface area (Å²) in [6.07, 6.45) is 1.56. The highest BCUT2D eigenvalue weighted by Crippen LogP contribution is 2.32. The molecule has 28 heavy (non-hydrogen) atoms. The van der Waals surface area contributed by atoms with Gasteiger partial charge in [0.1, 0.15) is 5.01 Å². The molecule has 0 N–H and O–H groups in total. The standard InChI is InChI=1S/C22H14N2O3S/c25-21(15-8-2-1-3-9-15)17(14-16-10-4-6-12-19(16)24(26)27)22-23-18-11-5-7-13-20(18)28-22/h1-14H/b17-14+. The summed E-state index contributed by atoms with van der Waals surface area (Å²) < 4.78 is 0.951. The maximum Gasteiger partial charge on any atom is 0.276 e. The Morgan fingerprint density at radius 3 is 2.36 bits per heavy atom. The molecule has 1 heterocycles. The molecule has 0 bridgehead atoms. The zero-order valence-electron chi connectivity index (χ0n) is 14.6. The second-order valence-electron chi connectivity index (χ2n) is 6.06. The van der Waals surface area contributed by atoms with Crippen molar-refractivity contribution in [3.8, 4) is 0 Å². The predicted molar refractivity (Wildman–Crippen MR) is 111 cm³/mol. The minimum absolute atomic E-state index is 0.0537. The third-order valence-electron chi connectivity index (χ3n) is 4.24. The number of fused-ring (bicyclic) bond motifs is 1. The highest BCUT2D eigenvalue weighted by molar-refractivity contribution is 7.20. The molecule has 0 fully saturated rings. The molecule has 0 radical (unpaired) electrons. The fourth-order valence-corrected chi connectivity index (χ4v) is 3.87. The maximum absolute atomic E-state index is 13.2. The first-order chi connectivity index (χ1) is 13.6. The summed E-state index contributed by atoms with van der Waals surface area (Å²) in [5, 5.41) is 11.9. The summed E-state index contributed by atoms with van der Waals surface area (Å²) in [4.78, 5) is 28.8. The Balaban J connectivity index is 1.91. The molecular weight excluding hydrogens is 372 g/mol. The first kappa shape index (κ1) is 17.8. The minimum Gasteiger partial charge on any atom is -0.288 e. The summed E-state index contributed by atoms with van der Waals surface area (Å²) in [6, 6.07) is 22.8. The van der Waals surface area contributed by atoms with Gasteiger partial charge in [-0.3, -0.25) is 14.9 Å². The molecule has 6 heteroatoms. The number of hydrogen-bond acceptors (Lipinski definition) is 5. The van der Waals surface area contributed by atoms with E-state index in [1.807, 2.05) is 30.3 Å². The number of para-hydroxylation sites is 2. The van der Waals surface area contributed by atoms with Crippen LogP contribution in [0.25, 0.3) is 21.9 Å². The number of allylic oxidation sites excluding steroid dienone is 1. The van der Waals surface area contributed by atoms with E-state index in [1.165, 1.54) is 17.4 Å². The first-order valence-electron chi connectivity index (χ1n) is 8.54. The highest BCUT2D eigenvalue weighted by Gasteiger charge is 2.20. The monoisotopic (exact) mass is 386 g/mol. The van der Waals surface area contributed by atoms with E-state index in [0.717, 1.165) is 10.2 Å². The molecule has 0 atom stereocenters. The molecule has 1 aromatic heterocycles. The van der Waals surface area contributed by atoms with Gasteiger partial charge in [-0.2, -0.15) is 0 Å². The van der Waals surface area contributed by atoms with Gasteiger partial charge in [-0.05, 0) is 24.3 Å². The third-order valence-corrected chi connectivity index (χ3v) is 5.31. The number of rotatable bonds is 5. The lowest BCUT2D eigenvalue weighted by Crippen LogP contribution is -2.03. The van der Waals surface area contributed by atoms with Gasteiger partial charge in [0.05, 0.1) is 26.3 Å². The minimum atomic E-state index is -0.450. The molecule has 0 aliphatic rings. The van der Waals surface area contributed by atoms with Crippen molar-refractivity contribution in [2.24, 2.45) is 0 Å². The molecule has 0 saturated carbocycles. The maximum atomic E-state index is 13.2. The highest BCUT2D eigenvalue weighted by atomic mass is 32.1. The van der Waals surface area contributed by atoms with Crippen molar-refractivity contribution in [1.29, 1.82) is 0 Å². The number of Topliss-reactive ketones (excluding diaryl/α,β-unsaturated/α-hetero) is 1. The number of thiazole rings is 1. The van der Waals surface area contributed by atoms with Gasteiger partial charge in [0, 0.05) is 11.6 Å². The van der Waals surface area contributed by atoms with Gasteiger partial charge in [-0.25, -0.2) is 4.98 Å². The number of benzene rings is 3. The van der Waals surface area contributed by atoms with Gasteiger partial charge in [0.15, 0.2) is 5.78 Å². The van der Waals surface area contributed by atoms with Crippen LogP contribution < -0.4 is 0 Å². The molecule has 5 nitrogen and oxygen atoms in total. The average Bonchev–Trinajstić information content (AvgIpc) is 3.16. The van der Waals surface area contributed by atoms with Crippen LogP contribution in [0.1, 0.15) is 20.9 Å². The van der Waals surface area contributed by atoms with E-state index < -0.39 is 4.92 Å². The van der Waals surface area contributed by atoms with E-state index in [2.05, 4.69) is 4.98 Å². The Bertz CT molecular complexity index is 1180. The molecule has 3 aromatic carbocycles. The van der Waals surface area contributed by atoms with Gasteiger partial charge in [0.2, 0.25) is 0 Å². The Morgan fingerprint density at radius 2 is 1.61 bits per heavy atom. The molecule has 4 aromatic rings. The number of ketones is 1. The molecule has 0 aliphatic heterocycles. The van der Waals surface area contributed by atoms with Crippen LogP contribution in [-0.4, -0.2) is 15.7 Å². The molecule has 0 aliphatic carbocycles. The summed E-state index contributed by atoms with van der Waals surface area (Å²) in [5.74, 6) is -0.224. The van der Waals surface area contributed by atoms with Crippen molar-refractivity contribution in [3.63, 3.8) is 0 Å². The Labute approximate surface area is 164 Å². The lowest BCUT2D eigenvalue weighted by Gasteiger charge is -2.05. The summed E-state index contributed by atoms with van der Waals surface area (Å²) in [7, 11) is 0. The van der Waals surface area contributed by atoms with Gasteiger partial charge in [-0.1, -0.05) is 54.6 Å². The zero-order valence-corrected chi connectivity index (χ0v) is 15.4. The van der Waals surface area contributed by atoms with Crippen molar-refractivity contribution in [2.45, 2.75) is 0 Å². The van der Waals surface area contributed by atoms with Crippen LogP contribution >= 0.6 is 11.3 Å². The van der Waals surface area contributed by atoms with Crippen molar-refractivity contribution in [2.75, 3.05) is 0 Å². The van der Waals surface area contributed by atoms with Gasteiger partial charge in [-0.15, -0.1) is 11.3 Å². The molecule has 0 spiro atoms. The number of hydrogen-bond donors (Lipinski definition) is 0. The van der Waals surface area contributed by atoms with E-state index in [9.17, 15) is 14.9 Å². The van der Waals surface area contributed by atoms with E-state index in [-0.39, 0.29) is 11.5 Å². The first-order valence-corrected chi connectivity index (χ1v) is 9.36. The number of nitrogens with zero attached hydrogens (tertiary/aromatic N) is 2. The van der Waals surface area contributed by atoms with Crippen molar-refractivity contribution < 1.29 is 9.72 Å². The van der Waals surface area contributed by atoms with Crippen LogP contribution in [0, 0.1) is 10.1 Å². The van der Waals surface area contributed by atoms with E-state index >= 15 is 0 Å². The lowest BCUT2D eigenvalue weighted by atomic mass is 10.0. The summed E-state index contributed by atoms with van der Waals surface area (Å²) >= 11 is 1.39. The van der Waals surface area contributed by atoms with Gasteiger partial charge in [0.25, 0.3) is 5.69 Å². The predicted octanol–water partition coefficient (Wildman–Crippen LogP) is 5.63. The summed E-state index contributed by atoms with van der Waals surface area (Å²) in [6.45, 7) is 0. The third kappa shape index (κ3) is 3.45. The number of nitro groups is 1. The number of aromatic nitrogens is 1. The number of nitro benzene ring substituents is 1. The molecule has 0 amide bonds. The van der Waals surface area contributed by atoms with Gasteiger partial charge >= 0.3 is 0 Å². The number of carbonyl (C=O) groups is 1. The van der Waals surface area contributed by atoms with E-state index in [4.69, 9.17) is 0 Å². The van der Waals surface area contributed by atoms with Crippen LogP contribution in [-0.2, 0) is 0 Å². The Morgan fingerprint density at radius 1 is 0.929 bits per heavy atom. The van der Waals surface area contributed by atoms with Crippen LogP contribution in [0.3, 0.4) is 0 Å². The van der Waals surface area contributed by atoms with Gasteiger partial charge < -0.3 is 0 Å². The average molecular weight is 386 g/mol.